The van der Waals surface area contributed by atoms with Crippen LogP contribution >= 0.6 is 0 Å². The lowest BCUT2D eigenvalue weighted by molar-refractivity contribution is 0.246. The number of allylic oxidation sites excluding steroid dienone is 2. The van der Waals surface area contributed by atoms with Gasteiger partial charge in [-0.1, -0.05) is 37.1 Å². The zero-order valence-electron chi connectivity index (χ0n) is 16.0. The Labute approximate surface area is 158 Å². The molecule has 0 amide bonds. The van der Waals surface area contributed by atoms with Crippen molar-refractivity contribution >= 4 is 0 Å². The van der Waals surface area contributed by atoms with Crippen LogP contribution < -0.4 is 0 Å². The smallest absolute Gasteiger partial charge is 0.123 e. The minimum absolute atomic E-state index is 0.130. The maximum Gasteiger partial charge on any atom is 0.123 e. The minimum atomic E-state index is -0.227. The van der Waals surface area contributed by atoms with E-state index in [1.807, 2.05) is 18.2 Å². The van der Waals surface area contributed by atoms with Crippen molar-refractivity contribution in [2.24, 2.45) is 17.8 Å². The molecular weight excluding hydrogens is 326 g/mol. The third-order valence-corrected chi connectivity index (χ3v) is 6.75. The van der Waals surface area contributed by atoms with Crippen molar-refractivity contribution in [2.75, 3.05) is 6.67 Å². The number of hydrogen-bond acceptors (Lipinski definition) is 0. The first-order valence-electron chi connectivity index (χ1n) is 10.7. The summed E-state index contributed by atoms with van der Waals surface area (Å²) in [6, 6.07) is 7.15. The van der Waals surface area contributed by atoms with E-state index in [-0.39, 0.29) is 12.5 Å². The molecule has 144 valence electrons. The fraction of sp³-hybridized carbons (Fsp3) is 0.667. The van der Waals surface area contributed by atoms with E-state index in [9.17, 15) is 8.78 Å². The maximum absolute atomic E-state index is 13.1. The van der Waals surface area contributed by atoms with Crippen LogP contribution in [0.1, 0.15) is 82.1 Å². The standard InChI is InChI=1S/C24H34F2/c25-18-2-1-3-19-4-6-20(7-5-19)8-9-21-10-12-22(13-11-21)23-14-16-24(26)17-15-23/h1,3,14-17,19-22H,2,4-13,18H2/b3-1+/t19-,20-,21?,22?. The van der Waals surface area contributed by atoms with Crippen LogP contribution in [0.5, 0.6) is 0 Å². The summed E-state index contributed by atoms with van der Waals surface area (Å²) in [5.41, 5.74) is 1.32. The monoisotopic (exact) mass is 360 g/mol. The van der Waals surface area contributed by atoms with Gasteiger partial charge in [0.25, 0.3) is 0 Å². The second-order valence-corrected chi connectivity index (χ2v) is 8.53. The Morgan fingerprint density at radius 1 is 0.808 bits per heavy atom. The molecular formula is C24H34F2. The van der Waals surface area contributed by atoms with E-state index in [0.717, 1.165) is 11.8 Å². The summed E-state index contributed by atoms with van der Waals surface area (Å²) in [5.74, 6) is 3.02. The number of benzene rings is 1. The van der Waals surface area contributed by atoms with E-state index in [0.29, 0.717) is 18.3 Å². The Kier molecular flexibility index (Phi) is 7.70. The van der Waals surface area contributed by atoms with Crippen molar-refractivity contribution in [1.29, 1.82) is 0 Å². The molecule has 2 fully saturated rings. The van der Waals surface area contributed by atoms with Gasteiger partial charge >= 0.3 is 0 Å². The van der Waals surface area contributed by atoms with E-state index < -0.39 is 0 Å². The summed E-state index contributed by atoms with van der Waals surface area (Å²) in [6.45, 7) is -0.227. The number of halogens is 2. The lowest BCUT2D eigenvalue weighted by atomic mass is 9.74. The predicted molar refractivity (Wildman–Crippen MR) is 106 cm³/mol. The van der Waals surface area contributed by atoms with Gasteiger partial charge in [0, 0.05) is 0 Å². The maximum atomic E-state index is 13.1. The first-order valence-corrected chi connectivity index (χ1v) is 10.7. The van der Waals surface area contributed by atoms with Crippen molar-refractivity contribution in [3.63, 3.8) is 0 Å². The zero-order valence-corrected chi connectivity index (χ0v) is 16.0. The molecule has 0 unspecified atom stereocenters. The average molecular weight is 361 g/mol. The summed E-state index contributed by atoms with van der Waals surface area (Å²) in [7, 11) is 0. The molecule has 0 bridgehead atoms. The topological polar surface area (TPSA) is 0 Å². The first kappa shape index (κ1) is 19.6. The van der Waals surface area contributed by atoms with Gasteiger partial charge in [0.2, 0.25) is 0 Å². The van der Waals surface area contributed by atoms with Crippen LogP contribution in [0.2, 0.25) is 0 Å². The van der Waals surface area contributed by atoms with Gasteiger partial charge in [-0.15, -0.1) is 0 Å². The summed E-state index contributed by atoms with van der Waals surface area (Å²) in [5, 5.41) is 0. The molecule has 0 nitrogen and oxygen atoms in total. The SMILES string of the molecule is FCC/C=C/[C@H]1CC[C@H](CCC2CCC(c3ccc(F)cc3)CC2)CC1. The highest BCUT2D eigenvalue weighted by Gasteiger charge is 2.24. The van der Waals surface area contributed by atoms with Crippen molar-refractivity contribution in [3.05, 3.63) is 47.8 Å². The minimum Gasteiger partial charge on any atom is -0.251 e. The lowest BCUT2D eigenvalue weighted by Crippen LogP contribution is -2.17. The Morgan fingerprint density at radius 3 is 1.96 bits per heavy atom. The van der Waals surface area contributed by atoms with Crippen LogP contribution in [0.25, 0.3) is 0 Å². The molecule has 0 N–H and O–H groups in total. The van der Waals surface area contributed by atoms with Crippen LogP contribution in [0.15, 0.2) is 36.4 Å². The molecule has 1 aromatic carbocycles. The van der Waals surface area contributed by atoms with E-state index in [1.54, 1.807) is 12.1 Å². The summed E-state index contributed by atoms with van der Waals surface area (Å²) in [6.07, 6.45) is 18.2. The highest BCUT2D eigenvalue weighted by Crippen LogP contribution is 2.39. The van der Waals surface area contributed by atoms with E-state index >= 15 is 0 Å². The van der Waals surface area contributed by atoms with E-state index in [1.165, 1.54) is 69.8 Å². The van der Waals surface area contributed by atoms with Gasteiger partial charge in [-0.3, -0.25) is 4.39 Å². The number of hydrogen-bond donors (Lipinski definition) is 0. The lowest BCUT2D eigenvalue weighted by Gasteiger charge is -2.31. The molecule has 0 aliphatic heterocycles. The van der Waals surface area contributed by atoms with Gasteiger partial charge < -0.3 is 0 Å². The Morgan fingerprint density at radius 2 is 1.38 bits per heavy atom. The fourth-order valence-electron chi connectivity index (χ4n) is 5.01. The molecule has 0 heterocycles. The molecule has 0 aromatic heterocycles. The van der Waals surface area contributed by atoms with Gasteiger partial charge in [0.15, 0.2) is 0 Å². The molecule has 2 aliphatic rings. The van der Waals surface area contributed by atoms with Crippen molar-refractivity contribution < 1.29 is 8.78 Å². The van der Waals surface area contributed by atoms with Gasteiger partial charge in [-0.05, 0) is 99.2 Å². The molecule has 0 spiro atoms. The highest BCUT2D eigenvalue weighted by molar-refractivity contribution is 5.20. The summed E-state index contributed by atoms with van der Waals surface area (Å²) in [4.78, 5) is 0. The normalized spacial score (nSPS) is 29.9. The summed E-state index contributed by atoms with van der Waals surface area (Å²) < 4.78 is 25.2. The summed E-state index contributed by atoms with van der Waals surface area (Å²) >= 11 is 0. The third kappa shape index (κ3) is 5.93. The van der Waals surface area contributed by atoms with Gasteiger partial charge in [0.1, 0.15) is 5.82 Å². The van der Waals surface area contributed by atoms with Gasteiger partial charge in [-0.25, -0.2) is 4.39 Å². The second-order valence-electron chi connectivity index (χ2n) is 8.53. The van der Waals surface area contributed by atoms with Crippen LogP contribution in [0.3, 0.4) is 0 Å². The fourth-order valence-corrected chi connectivity index (χ4v) is 5.01. The third-order valence-electron chi connectivity index (χ3n) is 6.75. The number of alkyl halides is 1. The molecule has 2 aliphatic carbocycles. The molecule has 26 heavy (non-hydrogen) atoms. The Hall–Kier alpha value is -1.18. The predicted octanol–water partition coefficient (Wildman–Crippen LogP) is 7.60. The Balaban J connectivity index is 1.32. The van der Waals surface area contributed by atoms with Crippen molar-refractivity contribution in [1.82, 2.24) is 0 Å². The molecule has 2 heteroatoms. The molecule has 0 atom stereocenters. The van der Waals surface area contributed by atoms with Gasteiger partial charge in [0.05, 0.1) is 6.67 Å². The van der Waals surface area contributed by atoms with E-state index in [4.69, 9.17) is 0 Å². The van der Waals surface area contributed by atoms with Crippen LogP contribution in [-0.4, -0.2) is 6.67 Å². The molecule has 2 saturated carbocycles. The van der Waals surface area contributed by atoms with Gasteiger partial charge in [-0.2, -0.15) is 0 Å². The van der Waals surface area contributed by atoms with Crippen LogP contribution in [0.4, 0.5) is 8.78 Å². The highest BCUT2D eigenvalue weighted by atomic mass is 19.1. The zero-order chi connectivity index (χ0) is 18.2. The second kappa shape index (κ2) is 10.2. The van der Waals surface area contributed by atoms with Crippen molar-refractivity contribution in [2.45, 2.75) is 76.5 Å². The molecule has 0 radical (unpaired) electrons. The molecule has 0 saturated heterocycles. The number of rotatable bonds is 7. The molecule has 3 rings (SSSR count). The quantitative estimate of drug-likeness (QED) is 0.439. The molecule has 1 aromatic rings. The Bertz CT molecular complexity index is 532. The van der Waals surface area contributed by atoms with Crippen LogP contribution in [-0.2, 0) is 0 Å². The van der Waals surface area contributed by atoms with Crippen molar-refractivity contribution in [3.8, 4) is 0 Å². The largest absolute Gasteiger partial charge is 0.251 e. The van der Waals surface area contributed by atoms with E-state index in [2.05, 4.69) is 6.08 Å². The first-order chi connectivity index (χ1) is 12.7. The van der Waals surface area contributed by atoms with Crippen LogP contribution in [0, 0.1) is 23.6 Å². The average Bonchev–Trinajstić information content (AvgIpc) is 2.69.